The summed E-state index contributed by atoms with van der Waals surface area (Å²) < 4.78 is 50.0. The van der Waals surface area contributed by atoms with Crippen LogP contribution in [-0.2, 0) is 6.18 Å². The fourth-order valence-corrected chi connectivity index (χ4v) is 1.55. The van der Waals surface area contributed by atoms with Crippen molar-refractivity contribution in [2.45, 2.75) is 18.6 Å². The van der Waals surface area contributed by atoms with E-state index in [0.717, 1.165) is 25.1 Å². The fraction of sp³-hybridized carbons (Fsp3) is 0.400. The topological polar surface area (TPSA) is 12.0 Å². The molecule has 15 heavy (non-hydrogen) atoms. The predicted octanol–water partition coefficient (Wildman–Crippen LogP) is 2.88. The van der Waals surface area contributed by atoms with E-state index in [1.165, 1.54) is 0 Å². The summed E-state index contributed by atoms with van der Waals surface area (Å²) in [6, 6.07) is 2.52. The smallest absolute Gasteiger partial charge is 0.310 e. The van der Waals surface area contributed by atoms with E-state index in [-0.39, 0.29) is 6.04 Å². The van der Waals surface area contributed by atoms with Crippen LogP contribution in [0.4, 0.5) is 17.6 Å². The van der Waals surface area contributed by atoms with E-state index in [1.807, 2.05) is 0 Å². The summed E-state index contributed by atoms with van der Waals surface area (Å²) in [6.45, 7) is 0.766. The molecule has 0 aliphatic carbocycles. The van der Waals surface area contributed by atoms with Gasteiger partial charge in [-0.3, -0.25) is 0 Å². The zero-order chi connectivity index (χ0) is 11.1. The van der Waals surface area contributed by atoms with E-state index in [2.05, 4.69) is 5.32 Å². The van der Waals surface area contributed by atoms with Crippen LogP contribution in [0.25, 0.3) is 0 Å². The van der Waals surface area contributed by atoms with Crippen molar-refractivity contribution in [3.05, 3.63) is 35.1 Å². The molecule has 0 radical (unpaired) electrons. The van der Waals surface area contributed by atoms with Gasteiger partial charge >= 0.3 is 6.18 Å². The van der Waals surface area contributed by atoms with Crippen LogP contribution in [0.15, 0.2) is 18.2 Å². The van der Waals surface area contributed by atoms with Gasteiger partial charge in [-0.1, -0.05) is 0 Å². The van der Waals surface area contributed by atoms with Crippen LogP contribution in [0, 0.1) is 5.82 Å². The highest BCUT2D eigenvalue weighted by molar-refractivity contribution is 5.30. The van der Waals surface area contributed by atoms with Gasteiger partial charge in [-0.05, 0) is 36.7 Å². The Morgan fingerprint density at radius 3 is 2.33 bits per heavy atom. The Hall–Kier alpha value is -1.10. The van der Waals surface area contributed by atoms with E-state index in [9.17, 15) is 17.6 Å². The van der Waals surface area contributed by atoms with Crippen molar-refractivity contribution in [2.24, 2.45) is 0 Å². The van der Waals surface area contributed by atoms with Crippen molar-refractivity contribution in [3.8, 4) is 0 Å². The van der Waals surface area contributed by atoms with Gasteiger partial charge in [0.25, 0.3) is 0 Å². The van der Waals surface area contributed by atoms with E-state index >= 15 is 0 Å². The molecule has 0 spiro atoms. The molecule has 0 aromatic heterocycles. The van der Waals surface area contributed by atoms with Crippen LogP contribution in [0.2, 0.25) is 0 Å². The Bertz CT molecular complexity index is 368. The third-order valence-corrected chi connectivity index (χ3v) is 2.47. The third-order valence-electron chi connectivity index (χ3n) is 2.47. The van der Waals surface area contributed by atoms with Crippen molar-refractivity contribution in [2.75, 3.05) is 6.54 Å². The number of alkyl halides is 3. The molecule has 82 valence electrons. The fourth-order valence-electron chi connectivity index (χ4n) is 1.55. The molecule has 1 saturated heterocycles. The Morgan fingerprint density at radius 2 is 1.87 bits per heavy atom. The molecule has 2 rings (SSSR count). The zero-order valence-corrected chi connectivity index (χ0v) is 7.74. The highest BCUT2D eigenvalue weighted by atomic mass is 19.4. The van der Waals surface area contributed by atoms with Crippen LogP contribution >= 0.6 is 0 Å². The second-order valence-corrected chi connectivity index (χ2v) is 3.57. The summed E-state index contributed by atoms with van der Waals surface area (Å²) in [6.07, 6.45) is -3.73. The van der Waals surface area contributed by atoms with Crippen molar-refractivity contribution >= 4 is 0 Å². The monoisotopic (exact) mass is 219 g/mol. The first-order chi connectivity index (χ1) is 6.97. The molecule has 1 atom stereocenters. The summed E-state index contributed by atoms with van der Waals surface area (Å²) in [5, 5.41) is 2.93. The van der Waals surface area contributed by atoms with Gasteiger partial charge in [-0.15, -0.1) is 0 Å². The number of hydrogen-bond donors (Lipinski definition) is 1. The summed E-state index contributed by atoms with van der Waals surface area (Å²) in [7, 11) is 0. The second-order valence-electron chi connectivity index (χ2n) is 3.57. The normalized spacial score (nSPS) is 21.2. The quantitative estimate of drug-likeness (QED) is 0.716. The molecule has 1 nitrogen and oxygen atoms in total. The molecular formula is C10H9F4N. The molecule has 0 amide bonds. The van der Waals surface area contributed by atoms with Gasteiger partial charge in [0.05, 0.1) is 5.56 Å². The molecule has 1 aliphatic heterocycles. The average Bonchev–Trinajstić information content (AvgIpc) is 1.97. The standard InChI is InChI=1S/C10H9F4N/c11-8-4-6(9-1-2-15-9)3-7(5-8)10(12,13)14/h3-5,9,15H,1-2H2/t9-/m0/s1. The minimum Gasteiger partial charge on any atom is -0.310 e. The van der Waals surface area contributed by atoms with E-state index in [0.29, 0.717) is 11.6 Å². The van der Waals surface area contributed by atoms with E-state index in [4.69, 9.17) is 0 Å². The van der Waals surface area contributed by atoms with Gasteiger partial charge in [0, 0.05) is 6.04 Å². The Balaban J connectivity index is 2.36. The Labute approximate surface area is 84.1 Å². The number of benzene rings is 1. The molecule has 0 unspecified atom stereocenters. The van der Waals surface area contributed by atoms with Crippen LogP contribution in [0.3, 0.4) is 0 Å². The maximum Gasteiger partial charge on any atom is 0.416 e. The van der Waals surface area contributed by atoms with E-state index < -0.39 is 17.6 Å². The molecule has 1 fully saturated rings. The summed E-state index contributed by atoms with van der Waals surface area (Å²) in [4.78, 5) is 0. The maximum absolute atomic E-state index is 13.0. The molecular weight excluding hydrogens is 210 g/mol. The first kappa shape index (κ1) is 10.4. The van der Waals surface area contributed by atoms with E-state index in [1.54, 1.807) is 0 Å². The molecule has 1 aliphatic rings. The van der Waals surface area contributed by atoms with Gasteiger partial charge in [0.2, 0.25) is 0 Å². The number of nitrogens with one attached hydrogen (secondary N) is 1. The maximum atomic E-state index is 13.0. The molecule has 1 heterocycles. The van der Waals surface area contributed by atoms with Gasteiger partial charge in [0.1, 0.15) is 5.82 Å². The highest BCUT2D eigenvalue weighted by Crippen LogP contribution is 2.33. The number of hydrogen-bond acceptors (Lipinski definition) is 1. The highest BCUT2D eigenvalue weighted by Gasteiger charge is 2.32. The second kappa shape index (κ2) is 3.48. The lowest BCUT2D eigenvalue weighted by molar-refractivity contribution is -0.137. The number of halogens is 4. The SMILES string of the molecule is Fc1cc([C@@H]2CCN2)cc(C(F)(F)F)c1. The Kier molecular flexibility index (Phi) is 2.42. The lowest BCUT2D eigenvalue weighted by atomic mass is 9.96. The predicted molar refractivity (Wildman–Crippen MR) is 46.8 cm³/mol. The van der Waals surface area contributed by atoms with Crippen LogP contribution in [0.5, 0.6) is 0 Å². The molecule has 5 heteroatoms. The zero-order valence-electron chi connectivity index (χ0n) is 7.74. The van der Waals surface area contributed by atoms with Crippen LogP contribution in [0.1, 0.15) is 23.6 Å². The van der Waals surface area contributed by atoms with Crippen molar-refractivity contribution in [1.82, 2.24) is 5.32 Å². The molecule has 1 N–H and O–H groups in total. The molecule has 1 aromatic carbocycles. The van der Waals surface area contributed by atoms with Gasteiger partial charge in [-0.2, -0.15) is 13.2 Å². The Morgan fingerprint density at radius 1 is 1.20 bits per heavy atom. The largest absolute Gasteiger partial charge is 0.416 e. The minimum atomic E-state index is -4.49. The summed E-state index contributed by atoms with van der Waals surface area (Å²) in [5.41, 5.74) is -0.556. The first-order valence-electron chi connectivity index (χ1n) is 4.58. The van der Waals surface area contributed by atoms with Crippen molar-refractivity contribution in [3.63, 3.8) is 0 Å². The molecule has 0 saturated carbocycles. The molecule has 1 aromatic rings. The third kappa shape index (κ3) is 2.12. The van der Waals surface area contributed by atoms with Crippen molar-refractivity contribution < 1.29 is 17.6 Å². The van der Waals surface area contributed by atoms with Crippen LogP contribution < -0.4 is 5.32 Å². The lowest BCUT2D eigenvalue weighted by Gasteiger charge is -2.28. The first-order valence-corrected chi connectivity index (χ1v) is 4.58. The van der Waals surface area contributed by atoms with Crippen molar-refractivity contribution in [1.29, 1.82) is 0 Å². The minimum absolute atomic E-state index is 0.137. The number of rotatable bonds is 1. The van der Waals surface area contributed by atoms with Crippen LogP contribution in [-0.4, -0.2) is 6.54 Å². The van der Waals surface area contributed by atoms with Gasteiger partial charge in [-0.25, -0.2) is 4.39 Å². The van der Waals surface area contributed by atoms with Gasteiger partial charge in [0.15, 0.2) is 0 Å². The summed E-state index contributed by atoms with van der Waals surface area (Å²) >= 11 is 0. The molecule has 0 bridgehead atoms. The summed E-state index contributed by atoms with van der Waals surface area (Å²) in [5.74, 6) is -0.839. The van der Waals surface area contributed by atoms with Gasteiger partial charge < -0.3 is 5.32 Å². The lowest BCUT2D eigenvalue weighted by Crippen LogP contribution is -2.35. The average molecular weight is 219 g/mol.